The minimum absolute atomic E-state index is 0.0107. The average molecular weight is 397 g/mol. The fourth-order valence-electron chi connectivity index (χ4n) is 3.00. The molecule has 0 saturated carbocycles. The van der Waals surface area contributed by atoms with Crippen LogP contribution in [0.3, 0.4) is 0 Å². The highest BCUT2D eigenvalue weighted by molar-refractivity contribution is 7.10. The van der Waals surface area contributed by atoms with Crippen molar-refractivity contribution in [1.82, 2.24) is 19.7 Å². The Morgan fingerprint density at radius 1 is 1.11 bits per heavy atom. The third-order valence-electron chi connectivity index (χ3n) is 4.31. The molecular formula is C20H20N4OS2. The van der Waals surface area contributed by atoms with Gasteiger partial charge in [0.15, 0.2) is 5.65 Å². The number of hydrogen-bond acceptors (Lipinski definition) is 5. The van der Waals surface area contributed by atoms with Crippen molar-refractivity contribution in [3.05, 3.63) is 68.8 Å². The highest BCUT2D eigenvalue weighted by Gasteiger charge is 2.19. The third-order valence-corrected chi connectivity index (χ3v) is 6.03. The molecule has 4 heterocycles. The van der Waals surface area contributed by atoms with E-state index in [2.05, 4.69) is 36.1 Å². The molecule has 1 amide bonds. The van der Waals surface area contributed by atoms with Gasteiger partial charge in [0.2, 0.25) is 0 Å². The fraction of sp³-hybridized carbons (Fsp3) is 0.250. The monoisotopic (exact) mass is 396 g/mol. The molecular weight excluding hydrogens is 376 g/mol. The van der Waals surface area contributed by atoms with Gasteiger partial charge in [-0.15, -0.1) is 22.7 Å². The van der Waals surface area contributed by atoms with Gasteiger partial charge in [-0.25, -0.2) is 9.67 Å². The van der Waals surface area contributed by atoms with E-state index in [0.717, 1.165) is 11.0 Å². The van der Waals surface area contributed by atoms with Crippen LogP contribution in [0.1, 0.15) is 40.0 Å². The Bertz CT molecular complexity index is 999. The number of hydrogen-bond donors (Lipinski definition) is 0. The van der Waals surface area contributed by atoms with Gasteiger partial charge in [-0.1, -0.05) is 12.1 Å². The Morgan fingerprint density at radius 3 is 2.33 bits per heavy atom. The Kier molecular flexibility index (Phi) is 5.05. The van der Waals surface area contributed by atoms with Gasteiger partial charge in [-0.05, 0) is 42.8 Å². The molecule has 0 aliphatic rings. The highest BCUT2D eigenvalue weighted by atomic mass is 32.1. The van der Waals surface area contributed by atoms with Crippen molar-refractivity contribution in [2.45, 2.75) is 33.0 Å². The summed E-state index contributed by atoms with van der Waals surface area (Å²) < 4.78 is 1.87. The molecule has 0 aliphatic heterocycles. The molecule has 5 nitrogen and oxygen atoms in total. The van der Waals surface area contributed by atoms with Crippen molar-refractivity contribution in [1.29, 1.82) is 0 Å². The summed E-state index contributed by atoms with van der Waals surface area (Å²) in [5, 5.41) is 9.36. The number of nitrogens with zero attached hydrogens (tertiary/aromatic N) is 4. The molecule has 4 rings (SSSR count). The summed E-state index contributed by atoms with van der Waals surface area (Å²) in [7, 11) is 0. The molecule has 0 N–H and O–H groups in total. The molecule has 0 saturated heterocycles. The predicted molar refractivity (Wildman–Crippen MR) is 110 cm³/mol. The van der Waals surface area contributed by atoms with Crippen molar-refractivity contribution in [3.63, 3.8) is 0 Å². The lowest BCUT2D eigenvalue weighted by Crippen LogP contribution is -2.29. The summed E-state index contributed by atoms with van der Waals surface area (Å²) in [4.78, 5) is 22.0. The maximum atomic E-state index is 13.2. The van der Waals surface area contributed by atoms with Gasteiger partial charge in [0, 0.05) is 27.4 Å². The van der Waals surface area contributed by atoms with Gasteiger partial charge in [-0.3, -0.25) is 4.79 Å². The van der Waals surface area contributed by atoms with Crippen molar-refractivity contribution in [3.8, 4) is 0 Å². The SMILES string of the molecule is CC(C)n1ncc2cc(C(=O)N(Cc3cccs3)Cc3cccs3)cnc21. The lowest BCUT2D eigenvalue weighted by Gasteiger charge is -2.21. The van der Waals surface area contributed by atoms with Crippen molar-refractivity contribution < 1.29 is 4.79 Å². The molecule has 0 bridgehead atoms. The zero-order valence-electron chi connectivity index (χ0n) is 15.2. The van der Waals surface area contributed by atoms with Crippen LogP contribution in [0.2, 0.25) is 0 Å². The number of carbonyl (C=O) groups excluding carboxylic acids is 1. The number of rotatable bonds is 6. The zero-order valence-corrected chi connectivity index (χ0v) is 16.8. The van der Waals surface area contributed by atoms with Crippen LogP contribution in [0.15, 0.2) is 53.5 Å². The zero-order chi connectivity index (χ0) is 18.8. The molecule has 0 aromatic carbocycles. The van der Waals surface area contributed by atoms with E-state index in [0.29, 0.717) is 18.7 Å². The van der Waals surface area contributed by atoms with Gasteiger partial charge in [0.1, 0.15) is 0 Å². The molecule has 27 heavy (non-hydrogen) atoms. The first-order valence-electron chi connectivity index (χ1n) is 8.79. The minimum atomic E-state index is -0.0107. The van der Waals surface area contributed by atoms with E-state index in [1.54, 1.807) is 35.1 Å². The first-order chi connectivity index (χ1) is 13.1. The number of carbonyl (C=O) groups is 1. The summed E-state index contributed by atoms with van der Waals surface area (Å²) in [6.07, 6.45) is 3.45. The van der Waals surface area contributed by atoms with E-state index in [1.807, 2.05) is 38.5 Å². The summed E-state index contributed by atoms with van der Waals surface area (Å²) in [5.74, 6) is -0.0107. The number of thiophene rings is 2. The van der Waals surface area contributed by atoms with Crippen molar-refractivity contribution >= 4 is 39.6 Å². The molecule has 0 unspecified atom stereocenters. The molecule has 0 radical (unpaired) electrons. The summed E-state index contributed by atoms with van der Waals surface area (Å²) in [5.41, 5.74) is 1.41. The first-order valence-corrected chi connectivity index (χ1v) is 10.5. The average Bonchev–Trinajstić information content (AvgIpc) is 3.41. The van der Waals surface area contributed by atoms with Crippen LogP contribution in [0, 0.1) is 0 Å². The number of aromatic nitrogens is 3. The van der Waals surface area contributed by atoms with Gasteiger partial charge in [0.25, 0.3) is 5.91 Å². The smallest absolute Gasteiger partial charge is 0.256 e. The van der Waals surface area contributed by atoms with Crippen LogP contribution in [0.4, 0.5) is 0 Å². The summed E-state index contributed by atoms with van der Waals surface area (Å²) in [6, 6.07) is 10.3. The van der Waals surface area contributed by atoms with Gasteiger partial charge in [-0.2, -0.15) is 5.10 Å². The normalized spacial score (nSPS) is 11.4. The summed E-state index contributed by atoms with van der Waals surface area (Å²) in [6.45, 7) is 5.32. The van der Waals surface area contributed by atoms with Crippen LogP contribution in [-0.2, 0) is 13.1 Å². The second-order valence-electron chi connectivity index (χ2n) is 6.64. The second kappa shape index (κ2) is 7.62. The molecule has 0 aliphatic carbocycles. The highest BCUT2D eigenvalue weighted by Crippen LogP contribution is 2.21. The number of pyridine rings is 1. The molecule has 0 fully saturated rings. The van der Waals surface area contributed by atoms with E-state index in [1.165, 1.54) is 9.75 Å². The van der Waals surface area contributed by atoms with Crippen molar-refractivity contribution in [2.24, 2.45) is 0 Å². The maximum absolute atomic E-state index is 13.2. The van der Waals surface area contributed by atoms with E-state index in [4.69, 9.17) is 0 Å². The minimum Gasteiger partial charge on any atom is -0.328 e. The standard InChI is InChI=1S/C20H20N4OS2/c1-14(2)24-19-15(11-22-24)9-16(10-21-19)20(25)23(12-17-5-3-7-26-17)13-18-6-4-8-27-18/h3-11,14H,12-13H2,1-2H3. The van der Waals surface area contributed by atoms with Crippen LogP contribution >= 0.6 is 22.7 Å². The van der Waals surface area contributed by atoms with Crippen LogP contribution in [0.5, 0.6) is 0 Å². The van der Waals surface area contributed by atoms with Crippen molar-refractivity contribution in [2.75, 3.05) is 0 Å². The Hall–Kier alpha value is -2.51. The molecule has 0 spiro atoms. The number of fused-ring (bicyclic) bond motifs is 1. The largest absolute Gasteiger partial charge is 0.328 e. The van der Waals surface area contributed by atoms with E-state index >= 15 is 0 Å². The Balaban J connectivity index is 1.64. The van der Waals surface area contributed by atoms with E-state index < -0.39 is 0 Å². The molecule has 7 heteroatoms. The molecule has 0 atom stereocenters. The molecule has 138 valence electrons. The van der Waals surface area contributed by atoms with Gasteiger partial charge >= 0.3 is 0 Å². The van der Waals surface area contributed by atoms with Crippen LogP contribution in [0.25, 0.3) is 11.0 Å². The predicted octanol–water partition coefficient (Wildman–Crippen LogP) is 4.98. The third kappa shape index (κ3) is 3.79. The van der Waals surface area contributed by atoms with Gasteiger partial charge in [0.05, 0.1) is 24.8 Å². The first kappa shape index (κ1) is 17.9. The Labute approximate surface area is 165 Å². The summed E-state index contributed by atoms with van der Waals surface area (Å²) >= 11 is 3.33. The molecule has 4 aromatic rings. The Morgan fingerprint density at radius 2 is 1.78 bits per heavy atom. The van der Waals surface area contributed by atoms with Crippen LogP contribution in [-0.4, -0.2) is 25.6 Å². The fourth-order valence-corrected chi connectivity index (χ4v) is 4.44. The van der Waals surface area contributed by atoms with Gasteiger partial charge < -0.3 is 4.90 Å². The van der Waals surface area contributed by atoms with Crippen LogP contribution < -0.4 is 0 Å². The maximum Gasteiger partial charge on any atom is 0.256 e. The second-order valence-corrected chi connectivity index (χ2v) is 8.70. The lowest BCUT2D eigenvalue weighted by molar-refractivity contribution is 0.0733. The number of amides is 1. The van der Waals surface area contributed by atoms with E-state index in [-0.39, 0.29) is 11.9 Å². The molecule has 4 aromatic heterocycles. The quantitative estimate of drug-likeness (QED) is 0.462. The van der Waals surface area contributed by atoms with E-state index in [9.17, 15) is 4.79 Å². The topological polar surface area (TPSA) is 51.0 Å². The lowest BCUT2D eigenvalue weighted by atomic mass is 10.2.